The van der Waals surface area contributed by atoms with Crippen LogP contribution >= 0.6 is 15.9 Å². The number of alkyl halides is 1. The van der Waals surface area contributed by atoms with Gasteiger partial charge in [-0.3, -0.25) is 0 Å². The normalized spacial score (nSPS) is 22.8. The highest BCUT2D eigenvalue weighted by atomic mass is 79.9. The molecule has 0 radical (unpaired) electrons. The molecule has 0 bridgehead atoms. The third kappa shape index (κ3) is 3.04. The Balaban J connectivity index is 2.21. The summed E-state index contributed by atoms with van der Waals surface area (Å²) in [6, 6.07) is 0.638. The van der Waals surface area contributed by atoms with Crippen molar-refractivity contribution in [2.75, 3.05) is 18.9 Å². The maximum absolute atomic E-state index is 9.39. The number of rotatable bonds is 5. The van der Waals surface area contributed by atoms with E-state index in [1.165, 1.54) is 12.8 Å². The minimum Gasteiger partial charge on any atom is -0.391 e. The molecular weight excluding hydrogens is 218 g/mol. The van der Waals surface area contributed by atoms with Gasteiger partial charge in [-0.1, -0.05) is 15.9 Å². The lowest BCUT2D eigenvalue weighted by atomic mass is 10.2. The summed E-state index contributed by atoms with van der Waals surface area (Å²) in [6.45, 7) is 3.03. The molecule has 3 heteroatoms. The molecule has 0 spiro atoms. The summed E-state index contributed by atoms with van der Waals surface area (Å²) < 4.78 is 0. The molecule has 2 nitrogen and oxygen atoms in total. The van der Waals surface area contributed by atoms with Crippen LogP contribution in [0.15, 0.2) is 0 Å². The van der Waals surface area contributed by atoms with Gasteiger partial charge in [0, 0.05) is 17.9 Å². The van der Waals surface area contributed by atoms with E-state index in [-0.39, 0.29) is 6.10 Å². The molecule has 0 aromatic rings. The Bertz CT molecular complexity index is 138. The van der Waals surface area contributed by atoms with Gasteiger partial charge in [-0.15, -0.1) is 0 Å². The van der Waals surface area contributed by atoms with Crippen molar-refractivity contribution in [2.24, 2.45) is 5.92 Å². The third-order valence-corrected chi connectivity index (χ3v) is 3.42. The van der Waals surface area contributed by atoms with E-state index >= 15 is 0 Å². The molecule has 2 atom stereocenters. The second kappa shape index (κ2) is 4.58. The third-order valence-electron chi connectivity index (χ3n) is 2.68. The lowest BCUT2D eigenvalue weighted by molar-refractivity contribution is 0.119. The molecule has 0 saturated heterocycles. The lowest BCUT2D eigenvalue weighted by Gasteiger charge is -2.26. The summed E-state index contributed by atoms with van der Waals surface area (Å²) in [5.74, 6) is 0.887. The molecule has 1 N–H and O–H groups in total. The van der Waals surface area contributed by atoms with Crippen molar-refractivity contribution in [2.45, 2.75) is 31.9 Å². The first kappa shape index (κ1) is 10.5. The topological polar surface area (TPSA) is 23.5 Å². The number of aliphatic hydroxyl groups excluding tert-OH is 1. The first-order valence-corrected chi connectivity index (χ1v) is 5.71. The van der Waals surface area contributed by atoms with E-state index in [9.17, 15) is 5.11 Å². The zero-order valence-corrected chi connectivity index (χ0v) is 9.42. The summed E-state index contributed by atoms with van der Waals surface area (Å²) in [5.41, 5.74) is 0. The highest BCUT2D eigenvalue weighted by Gasteiger charge is 2.30. The van der Waals surface area contributed by atoms with Gasteiger partial charge in [0.15, 0.2) is 0 Å². The summed E-state index contributed by atoms with van der Waals surface area (Å²) in [7, 11) is 2.09. The summed E-state index contributed by atoms with van der Waals surface area (Å²) in [6.07, 6.45) is 2.52. The predicted molar refractivity (Wildman–Crippen MR) is 54.6 cm³/mol. The van der Waals surface area contributed by atoms with Crippen molar-refractivity contribution in [1.29, 1.82) is 0 Å². The maximum Gasteiger partial charge on any atom is 0.0763 e. The monoisotopic (exact) mass is 235 g/mol. The number of hydrogen-bond acceptors (Lipinski definition) is 2. The first-order valence-electron chi connectivity index (χ1n) is 4.59. The molecule has 72 valence electrons. The van der Waals surface area contributed by atoms with Crippen LogP contribution < -0.4 is 0 Å². The lowest BCUT2D eigenvalue weighted by Crippen LogP contribution is -2.37. The van der Waals surface area contributed by atoms with Crippen LogP contribution in [0, 0.1) is 5.92 Å². The fraction of sp³-hybridized carbons (Fsp3) is 1.00. The van der Waals surface area contributed by atoms with Crippen molar-refractivity contribution in [3.63, 3.8) is 0 Å². The smallest absolute Gasteiger partial charge is 0.0763 e. The zero-order valence-electron chi connectivity index (χ0n) is 7.83. The van der Waals surface area contributed by atoms with Gasteiger partial charge in [-0.05, 0) is 32.7 Å². The van der Waals surface area contributed by atoms with E-state index in [1.54, 1.807) is 0 Å². The number of hydrogen-bond donors (Lipinski definition) is 1. The van der Waals surface area contributed by atoms with Gasteiger partial charge in [0.1, 0.15) is 0 Å². The predicted octanol–water partition coefficient (Wildman–Crippen LogP) is 1.47. The van der Waals surface area contributed by atoms with E-state index < -0.39 is 0 Å². The van der Waals surface area contributed by atoms with Crippen LogP contribution in [-0.2, 0) is 0 Å². The van der Waals surface area contributed by atoms with Gasteiger partial charge in [0.2, 0.25) is 0 Å². The molecule has 2 unspecified atom stereocenters. The van der Waals surface area contributed by atoms with E-state index in [0.717, 1.165) is 12.5 Å². The Kier molecular flexibility index (Phi) is 4.00. The average Bonchev–Trinajstić information content (AvgIpc) is 2.85. The van der Waals surface area contributed by atoms with Crippen LogP contribution in [0.2, 0.25) is 0 Å². The van der Waals surface area contributed by atoms with E-state index in [4.69, 9.17) is 0 Å². The van der Waals surface area contributed by atoms with Gasteiger partial charge in [0.25, 0.3) is 0 Å². The highest BCUT2D eigenvalue weighted by molar-refractivity contribution is 9.09. The number of likely N-dealkylation sites (N-methyl/N-ethyl adjacent to an activating group) is 1. The Labute approximate surface area is 83.1 Å². The molecule has 0 aliphatic heterocycles. The van der Waals surface area contributed by atoms with E-state index in [0.29, 0.717) is 11.4 Å². The van der Waals surface area contributed by atoms with Gasteiger partial charge in [-0.25, -0.2) is 0 Å². The van der Waals surface area contributed by atoms with Crippen molar-refractivity contribution in [1.82, 2.24) is 4.90 Å². The Morgan fingerprint density at radius 2 is 2.17 bits per heavy atom. The van der Waals surface area contributed by atoms with Crippen LogP contribution in [0.1, 0.15) is 19.8 Å². The molecule has 1 aliphatic carbocycles. The molecule has 0 aromatic heterocycles. The molecule has 0 amide bonds. The largest absolute Gasteiger partial charge is 0.391 e. The molecule has 1 saturated carbocycles. The van der Waals surface area contributed by atoms with Crippen molar-refractivity contribution in [3.05, 3.63) is 0 Å². The van der Waals surface area contributed by atoms with Crippen LogP contribution in [0.3, 0.4) is 0 Å². The molecule has 0 aromatic carbocycles. The molecule has 1 fully saturated rings. The average molecular weight is 236 g/mol. The second-order valence-electron chi connectivity index (χ2n) is 3.83. The Hall–Kier alpha value is 0.400. The fourth-order valence-corrected chi connectivity index (χ4v) is 1.69. The molecule has 0 heterocycles. The van der Waals surface area contributed by atoms with E-state index in [2.05, 4.69) is 34.8 Å². The van der Waals surface area contributed by atoms with Gasteiger partial charge in [-0.2, -0.15) is 0 Å². The van der Waals surface area contributed by atoms with Crippen molar-refractivity contribution in [3.8, 4) is 0 Å². The highest BCUT2D eigenvalue weighted by Crippen LogP contribution is 2.34. The summed E-state index contributed by atoms with van der Waals surface area (Å²) in [5, 5.41) is 10.1. The van der Waals surface area contributed by atoms with Gasteiger partial charge >= 0.3 is 0 Å². The minimum absolute atomic E-state index is 0.226. The van der Waals surface area contributed by atoms with Crippen molar-refractivity contribution < 1.29 is 5.11 Å². The standard InChI is InChI=1S/C9H18BrNO/c1-7(8-3-4-8)11(2)6-9(12)5-10/h7-9,12H,3-6H2,1-2H3. The van der Waals surface area contributed by atoms with Crippen LogP contribution in [0.5, 0.6) is 0 Å². The van der Waals surface area contributed by atoms with Crippen LogP contribution in [0.4, 0.5) is 0 Å². The SMILES string of the molecule is CC(C1CC1)N(C)CC(O)CBr. The fourth-order valence-electron chi connectivity index (χ4n) is 1.49. The minimum atomic E-state index is -0.226. The summed E-state index contributed by atoms with van der Waals surface area (Å²) in [4.78, 5) is 2.25. The molecule has 1 rings (SSSR count). The second-order valence-corrected chi connectivity index (χ2v) is 4.47. The Morgan fingerprint density at radius 3 is 2.58 bits per heavy atom. The molecule has 1 aliphatic rings. The maximum atomic E-state index is 9.39. The summed E-state index contributed by atoms with van der Waals surface area (Å²) >= 11 is 3.27. The molecular formula is C9H18BrNO. The quantitative estimate of drug-likeness (QED) is 0.731. The van der Waals surface area contributed by atoms with Crippen molar-refractivity contribution >= 4 is 15.9 Å². The first-order chi connectivity index (χ1) is 5.65. The van der Waals surface area contributed by atoms with Gasteiger partial charge < -0.3 is 10.0 Å². The number of nitrogens with zero attached hydrogens (tertiary/aromatic N) is 1. The number of aliphatic hydroxyl groups is 1. The molecule has 12 heavy (non-hydrogen) atoms. The van der Waals surface area contributed by atoms with Crippen LogP contribution in [-0.4, -0.2) is 41.1 Å². The number of halogens is 1. The zero-order chi connectivity index (χ0) is 9.14. The van der Waals surface area contributed by atoms with Crippen LogP contribution in [0.25, 0.3) is 0 Å². The van der Waals surface area contributed by atoms with Gasteiger partial charge in [0.05, 0.1) is 6.10 Å². The Morgan fingerprint density at radius 1 is 1.58 bits per heavy atom. The van der Waals surface area contributed by atoms with E-state index in [1.807, 2.05) is 0 Å².